The van der Waals surface area contributed by atoms with Crippen molar-refractivity contribution in [3.8, 4) is 0 Å². The van der Waals surface area contributed by atoms with Gasteiger partial charge < -0.3 is 10.0 Å². The molecule has 0 unspecified atom stereocenters. The molecule has 0 radical (unpaired) electrons. The van der Waals surface area contributed by atoms with Gasteiger partial charge in [-0.1, -0.05) is 12.8 Å². The van der Waals surface area contributed by atoms with E-state index in [0.29, 0.717) is 18.1 Å². The Labute approximate surface area is 100 Å². The zero-order valence-corrected chi connectivity index (χ0v) is 11.3. The van der Waals surface area contributed by atoms with Crippen molar-refractivity contribution in [3.63, 3.8) is 0 Å². The number of rotatable bonds is 5. The van der Waals surface area contributed by atoms with Crippen LogP contribution in [0.15, 0.2) is 0 Å². The monoisotopic (exact) mass is 228 g/mol. The molecular formula is C13H28N2O. The summed E-state index contributed by atoms with van der Waals surface area (Å²) in [4.78, 5) is 4.83. The first-order valence-electron chi connectivity index (χ1n) is 6.61. The third kappa shape index (κ3) is 3.44. The molecule has 1 aliphatic carbocycles. The van der Waals surface area contributed by atoms with Gasteiger partial charge in [0, 0.05) is 24.7 Å². The molecule has 3 heteroatoms. The standard InChI is InChI=1S/C13H28N2O/c1-11(2)15(9-10-16)13-8-6-5-7-12(13)14(3)4/h11-13,16H,5-10H2,1-4H3/t12-,13+/m0/s1. The van der Waals surface area contributed by atoms with Gasteiger partial charge in [0.05, 0.1) is 6.61 Å². The summed E-state index contributed by atoms with van der Waals surface area (Å²) in [5.74, 6) is 0. The zero-order valence-electron chi connectivity index (χ0n) is 11.3. The second-order valence-electron chi connectivity index (χ2n) is 5.44. The van der Waals surface area contributed by atoms with Crippen molar-refractivity contribution >= 4 is 0 Å². The van der Waals surface area contributed by atoms with Gasteiger partial charge in [-0.2, -0.15) is 0 Å². The number of likely N-dealkylation sites (N-methyl/N-ethyl adjacent to an activating group) is 1. The third-order valence-corrected chi connectivity index (χ3v) is 3.80. The van der Waals surface area contributed by atoms with Gasteiger partial charge in [-0.15, -0.1) is 0 Å². The molecule has 1 aliphatic rings. The minimum absolute atomic E-state index is 0.273. The summed E-state index contributed by atoms with van der Waals surface area (Å²) in [7, 11) is 4.36. The van der Waals surface area contributed by atoms with E-state index in [1.54, 1.807) is 0 Å². The van der Waals surface area contributed by atoms with Crippen molar-refractivity contribution < 1.29 is 5.11 Å². The molecule has 0 aromatic carbocycles. The molecule has 0 amide bonds. The second-order valence-corrected chi connectivity index (χ2v) is 5.44. The van der Waals surface area contributed by atoms with Crippen LogP contribution in [0.4, 0.5) is 0 Å². The molecule has 0 aromatic rings. The molecule has 96 valence electrons. The van der Waals surface area contributed by atoms with Crippen molar-refractivity contribution in [3.05, 3.63) is 0 Å². The van der Waals surface area contributed by atoms with Gasteiger partial charge in [0.1, 0.15) is 0 Å². The lowest BCUT2D eigenvalue weighted by atomic mass is 9.87. The third-order valence-electron chi connectivity index (χ3n) is 3.80. The number of nitrogens with zero attached hydrogens (tertiary/aromatic N) is 2. The molecule has 0 aromatic heterocycles. The fourth-order valence-corrected chi connectivity index (χ4v) is 3.00. The van der Waals surface area contributed by atoms with Crippen molar-refractivity contribution in [2.75, 3.05) is 27.2 Å². The number of hydrogen-bond donors (Lipinski definition) is 1. The predicted octanol–water partition coefficient (Wildman–Crippen LogP) is 1.56. The van der Waals surface area contributed by atoms with Crippen LogP contribution < -0.4 is 0 Å². The van der Waals surface area contributed by atoms with Crippen LogP contribution in [0.2, 0.25) is 0 Å². The SMILES string of the molecule is CC(C)N(CCO)[C@@H]1CCCC[C@@H]1N(C)C. The molecular weight excluding hydrogens is 200 g/mol. The van der Waals surface area contributed by atoms with Gasteiger partial charge in [0.25, 0.3) is 0 Å². The van der Waals surface area contributed by atoms with E-state index in [1.165, 1.54) is 25.7 Å². The Kier molecular flexibility index (Phi) is 5.73. The number of aliphatic hydroxyl groups excluding tert-OH is 1. The average Bonchev–Trinajstić information content (AvgIpc) is 2.25. The smallest absolute Gasteiger partial charge is 0.0558 e. The summed E-state index contributed by atoms with van der Waals surface area (Å²) in [5, 5.41) is 9.19. The van der Waals surface area contributed by atoms with E-state index in [1.807, 2.05) is 0 Å². The lowest BCUT2D eigenvalue weighted by Crippen LogP contribution is -2.54. The zero-order chi connectivity index (χ0) is 12.1. The van der Waals surface area contributed by atoms with E-state index >= 15 is 0 Å². The Morgan fingerprint density at radius 2 is 1.69 bits per heavy atom. The van der Waals surface area contributed by atoms with Crippen LogP contribution in [-0.2, 0) is 0 Å². The van der Waals surface area contributed by atoms with Crippen LogP contribution in [0.5, 0.6) is 0 Å². The van der Waals surface area contributed by atoms with Gasteiger partial charge in [0.15, 0.2) is 0 Å². The highest BCUT2D eigenvalue weighted by atomic mass is 16.3. The quantitative estimate of drug-likeness (QED) is 0.773. The molecule has 1 rings (SSSR count). The first kappa shape index (κ1) is 13.9. The van der Waals surface area contributed by atoms with Gasteiger partial charge >= 0.3 is 0 Å². The summed E-state index contributed by atoms with van der Waals surface area (Å²) in [5.41, 5.74) is 0. The van der Waals surface area contributed by atoms with Crippen LogP contribution in [0.25, 0.3) is 0 Å². The molecule has 0 spiro atoms. The second kappa shape index (κ2) is 6.58. The summed E-state index contributed by atoms with van der Waals surface area (Å²) >= 11 is 0. The Morgan fingerprint density at radius 3 is 2.12 bits per heavy atom. The van der Waals surface area contributed by atoms with Gasteiger partial charge in [-0.05, 0) is 40.8 Å². The minimum Gasteiger partial charge on any atom is -0.395 e. The van der Waals surface area contributed by atoms with E-state index in [4.69, 9.17) is 0 Å². The van der Waals surface area contributed by atoms with E-state index < -0.39 is 0 Å². The van der Waals surface area contributed by atoms with Crippen LogP contribution in [0.1, 0.15) is 39.5 Å². The van der Waals surface area contributed by atoms with Crippen molar-refractivity contribution in [2.45, 2.75) is 57.7 Å². The van der Waals surface area contributed by atoms with E-state index in [-0.39, 0.29) is 6.61 Å². The summed E-state index contributed by atoms with van der Waals surface area (Å²) < 4.78 is 0. The molecule has 3 nitrogen and oxygen atoms in total. The highest BCUT2D eigenvalue weighted by Crippen LogP contribution is 2.27. The van der Waals surface area contributed by atoms with E-state index in [9.17, 15) is 5.11 Å². The van der Waals surface area contributed by atoms with Crippen LogP contribution in [-0.4, -0.2) is 60.3 Å². The Balaban J connectivity index is 2.70. The number of aliphatic hydroxyl groups is 1. The largest absolute Gasteiger partial charge is 0.395 e. The van der Waals surface area contributed by atoms with Gasteiger partial charge in [-0.3, -0.25) is 4.90 Å². The maximum atomic E-state index is 9.19. The van der Waals surface area contributed by atoms with Crippen molar-refractivity contribution in [2.24, 2.45) is 0 Å². The first-order chi connectivity index (χ1) is 7.57. The molecule has 0 aliphatic heterocycles. The molecule has 1 fully saturated rings. The Hall–Kier alpha value is -0.120. The molecule has 0 bridgehead atoms. The Morgan fingerprint density at radius 1 is 1.12 bits per heavy atom. The first-order valence-corrected chi connectivity index (χ1v) is 6.61. The summed E-state index contributed by atoms with van der Waals surface area (Å²) in [6, 6.07) is 1.80. The maximum Gasteiger partial charge on any atom is 0.0558 e. The maximum absolute atomic E-state index is 9.19. The van der Waals surface area contributed by atoms with E-state index in [0.717, 1.165) is 6.54 Å². The summed E-state index contributed by atoms with van der Waals surface area (Å²) in [6.45, 7) is 5.55. The highest BCUT2D eigenvalue weighted by molar-refractivity contribution is 4.89. The van der Waals surface area contributed by atoms with Crippen molar-refractivity contribution in [1.29, 1.82) is 0 Å². The molecule has 16 heavy (non-hydrogen) atoms. The average molecular weight is 228 g/mol. The van der Waals surface area contributed by atoms with Crippen LogP contribution in [0.3, 0.4) is 0 Å². The number of hydrogen-bond acceptors (Lipinski definition) is 3. The molecule has 2 atom stereocenters. The molecule has 1 saturated carbocycles. The minimum atomic E-state index is 0.273. The lowest BCUT2D eigenvalue weighted by molar-refractivity contribution is 0.0399. The normalized spacial score (nSPS) is 27.0. The highest BCUT2D eigenvalue weighted by Gasteiger charge is 2.32. The lowest BCUT2D eigenvalue weighted by Gasteiger charge is -2.44. The predicted molar refractivity (Wildman–Crippen MR) is 68.7 cm³/mol. The van der Waals surface area contributed by atoms with E-state index in [2.05, 4.69) is 37.7 Å². The summed E-state index contributed by atoms with van der Waals surface area (Å²) in [6.07, 6.45) is 5.27. The molecule has 0 saturated heterocycles. The van der Waals surface area contributed by atoms with Crippen LogP contribution in [0, 0.1) is 0 Å². The van der Waals surface area contributed by atoms with Crippen molar-refractivity contribution in [1.82, 2.24) is 9.80 Å². The fraction of sp³-hybridized carbons (Fsp3) is 1.00. The molecule has 1 N–H and O–H groups in total. The molecule has 0 heterocycles. The van der Waals surface area contributed by atoms with Gasteiger partial charge in [0.2, 0.25) is 0 Å². The topological polar surface area (TPSA) is 26.7 Å². The Bertz CT molecular complexity index is 194. The fourth-order valence-electron chi connectivity index (χ4n) is 3.00. The van der Waals surface area contributed by atoms with Crippen LogP contribution >= 0.6 is 0 Å². The van der Waals surface area contributed by atoms with Gasteiger partial charge in [-0.25, -0.2) is 0 Å².